The number of hydrogen-bond acceptors (Lipinski definition) is 5. The number of rotatable bonds is 5. The van der Waals surface area contributed by atoms with Crippen molar-refractivity contribution >= 4 is 23.4 Å². The second-order valence-corrected chi connectivity index (χ2v) is 7.82. The molecule has 0 bridgehead atoms. The number of aromatic nitrogens is 2. The molecule has 0 aliphatic carbocycles. The first-order valence-electron chi connectivity index (χ1n) is 10.4. The number of anilines is 3. The van der Waals surface area contributed by atoms with E-state index in [4.69, 9.17) is 0 Å². The van der Waals surface area contributed by atoms with Crippen LogP contribution < -0.4 is 10.2 Å². The van der Waals surface area contributed by atoms with Crippen LogP contribution >= 0.6 is 0 Å². The van der Waals surface area contributed by atoms with Crippen LogP contribution in [0.15, 0.2) is 54.6 Å². The van der Waals surface area contributed by atoms with Gasteiger partial charge in [0.15, 0.2) is 0 Å². The third-order valence-electron chi connectivity index (χ3n) is 5.40. The van der Waals surface area contributed by atoms with Crippen molar-refractivity contribution in [1.29, 1.82) is 0 Å². The van der Waals surface area contributed by atoms with Crippen molar-refractivity contribution in [3.63, 3.8) is 0 Å². The summed E-state index contributed by atoms with van der Waals surface area (Å²) in [5, 5.41) is 3.26. The van der Waals surface area contributed by atoms with E-state index < -0.39 is 0 Å². The van der Waals surface area contributed by atoms with E-state index in [9.17, 15) is 9.18 Å². The Hall–Kier alpha value is -3.48. The molecular formula is C24H26FN5O. The summed E-state index contributed by atoms with van der Waals surface area (Å²) in [5.74, 6) is 1.00. The highest BCUT2D eigenvalue weighted by atomic mass is 19.1. The van der Waals surface area contributed by atoms with Crippen molar-refractivity contribution in [2.75, 3.05) is 36.4 Å². The maximum atomic E-state index is 13.9. The van der Waals surface area contributed by atoms with Crippen molar-refractivity contribution in [2.24, 2.45) is 0 Å². The van der Waals surface area contributed by atoms with Gasteiger partial charge < -0.3 is 15.1 Å². The van der Waals surface area contributed by atoms with Crippen LogP contribution in [0.4, 0.5) is 21.8 Å². The van der Waals surface area contributed by atoms with E-state index in [1.54, 1.807) is 23.1 Å². The fourth-order valence-electron chi connectivity index (χ4n) is 3.64. The summed E-state index contributed by atoms with van der Waals surface area (Å²) in [6, 6.07) is 16.5. The number of carbonyl (C=O) groups excluding carboxylic acids is 1. The monoisotopic (exact) mass is 419 g/mol. The number of aryl methyl sites for hydroxylation is 2. The first-order valence-corrected chi connectivity index (χ1v) is 10.4. The topological polar surface area (TPSA) is 61.4 Å². The van der Waals surface area contributed by atoms with Gasteiger partial charge in [-0.2, -0.15) is 4.98 Å². The molecular weight excluding hydrogens is 393 g/mol. The summed E-state index contributed by atoms with van der Waals surface area (Å²) in [5.41, 5.74) is 3.44. The predicted octanol–water partition coefficient (Wildman–Crippen LogP) is 3.87. The summed E-state index contributed by atoms with van der Waals surface area (Å²) in [7, 11) is 0. The van der Waals surface area contributed by atoms with Crippen molar-refractivity contribution in [2.45, 2.75) is 20.3 Å². The molecule has 2 heterocycles. The van der Waals surface area contributed by atoms with Gasteiger partial charge in [0.1, 0.15) is 11.6 Å². The highest BCUT2D eigenvalue weighted by molar-refractivity contribution is 5.79. The van der Waals surface area contributed by atoms with Gasteiger partial charge in [-0.3, -0.25) is 4.79 Å². The zero-order valence-corrected chi connectivity index (χ0v) is 17.8. The van der Waals surface area contributed by atoms with Crippen molar-refractivity contribution in [3.8, 4) is 0 Å². The molecule has 1 aromatic heterocycles. The van der Waals surface area contributed by atoms with Gasteiger partial charge >= 0.3 is 0 Å². The van der Waals surface area contributed by atoms with Crippen molar-refractivity contribution < 1.29 is 9.18 Å². The maximum absolute atomic E-state index is 13.9. The van der Waals surface area contributed by atoms with E-state index in [2.05, 4.69) is 20.2 Å². The summed E-state index contributed by atoms with van der Waals surface area (Å²) >= 11 is 0. The van der Waals surface area contributed by atoms with Crippen LogP contribution in [-0.4, -0.2) is 47.0 Å². The maximum Gasteiger partial charge on any atom is 0.229 e. The normalized spacial score (nSPS) is 13.9. The molecule has 160 valence electrons. The van der Waals surface area contributed by atoms with Crippen LogP contribution in [0.1, 0.15) is 16.8 Å². The van der Waals surface area contributed by atoms with E-state index in [0.29, 0.717) is 37.7 Å². The number of halogens is 1. The standard InChI is InChI=1S/C24H26FN5O/c1-17-7-9-20(10-8-17)27-24-26-18(2)15-22(28-24)29-11-13-30(14-12-29)23(31)16-19-5-3-4-6-21(19)25/h3-10,15H,11-14,16H2,1-2H3,(H,26,27,28). The summed E-state index contributed by atoms with van der Waals surface area (Å²) in [6.07, 6.45) is 0.0872. The molecule has 1 saturated heterocycles. The Labute approximate surface area is 181 Å². The lowest BCUT2D eigenvalue weighted by molar-refractivity contribution is -0.130. The highest BCUT2D eigenvalue weighted by Gasteiger charge is 2.23. The molecule has 1 fully saturated rings. The van der Waals surface area contributed by atoms with E-state index in [0.717, 1.165) is 17.2 Å². The van der Waals surface area contributed by atoms with Crippen LogP contribution in [0, 0.1) is 19.7 Å². The third kappa shape index (κ3) is 5.17. The van der Waals surface area contributed by atoms with Crippen LogP contribution in [0.2, 0.25) is 0 Å². The van der Waals surface area contributed by atoms with E-state index in [1.165, 1.54) is 11.6 Å². The molecule has 0 spiro atoms. The fourth-order valence-corrected chi connectivity index (χ4v) is 3.64. The van der Waals surface area contributed by atoms with Gasteiger partial charge in [-0.05, 0) is 37.6 Å². The quantitative estimate of drug-likeness (QED) is 0.680. The molecule has 6 nitrogen and oxygen atoms in total. The van der Waals surface area contributed by atoms with E-state index in [1.807, 2.05) is 44.2 Å². The lowest BCUT2D eigenvalue weighted by atomic mass is 10.1. The molecule has 1 N–H and O–H groups in total. The minimum Gasteiger partial charge on any atom is -0.353 e. The average molecular weight is 420 g/mol. The van der Waals surface area contributed by atoms with Crippen molar-refractivity contribution in [1.82, 2.24) is 14.9 Å². The molecule has 0 unspecified atom stereocenters. The molecule has 7 heteroatoms. The zero-order valence-electron chi connectivity index (χ0n) is 17.8. The highest BCUT2D eigenvalue weighted by Crippen LogP contribution is 2.20. The molecule has 2 aromatic carbocycles. The SMILES string of the molecule is Cc1ccc(Nc2nc(C)cc(N3CCN(C(=O)Cc4ccccc4F)CC3)n2)cc1. The number of nitrogens with one attached hydrogen (secondary N) is 1. The summed E-state index contributed by atoms with van der Waals surface area (Å²) < 4.78 is 13.9. The molecule has 4 rings (SSSR count). The molecule has 31 heavy (non-hydrogen) atoms. The van der Waals surface area contributed by atoms with Crippen molar-refractivity contribution in [3.05, 3.63) is 77.2 Å². The minimum absolute atomic E-state index is 0.0506. The Bertz CT molecular complexity index is 1060. The Morgan fingerprint density at radius 2 is 1.71 bits per heavy atom. The molecule has 0 atom stereocenters. The Morgan fingerprint density at radius 3 is 2.42 bits per heavy atom. The zero-order chi connectivity index (χ0) is 21.8. The number of carbonyl (C=O) groups is 1. The molecule has 3 aromatic rings. The molecule has 0 radical (unpaired) electrons. The smallest absolute Gasteiger partial charge is 0.229 e. The Morgan fingerprint density at radius 1 is 1.00 bits per heavy atom. The summed E-state index contributed by atoms with van der Waals surface area (Å²) in [6.45, 7) is 6.49. The lowest BCUT2D eigenvalue weighted by Gasteiger charge is -2.35. The first-order chi connectivity index (χ1) is 15.0. The molecule has 0 saturated carbocycles. The van der Waals surface area contributed by atoms with Gasteiger partial charge in [0.25, 0.3) is 0 Å². The largest absolute Gasteiger partial charge is 0.353 e. The molecule has 1 aliphatic heterocycles. The Kier molecular flexibility index (Phi) is 6.11. The van der Waals surface area contributed by atoms with Crippen LogP contribution in [0.3, 0.4) is 0 Å². The second-order valence-electron chi connectivity index (χ2n) is 7.82. The minimum atomic E-state index is -0.334. The first kappa shape index (κ1) is 20.8. The van der Waals surface area contributed by atoms with Crippen LogP contribution in [-0.2, 0) is 11.2 Å². The third-order valence-corrected chi connectivity index (χ3v) is 5.40. The number of hydrogen-bond donors (Lipinski definition) is 1. The average Bonchev–Trinajstić information content (AvgIpc) is 2.77. The van der Waals surface area contributed by atoms with Gasteiger partial charge in [-0.1, -0.05) is 35.9 Å². The van der Waals surface area contributed by atoms with Gasteiger partial charge in [0, 0.05) is 43.6 Å². The van der Waals surface area contributed by atoms with Gasteiger partial charge in [-0.25, -0.2) is 9.37 Å². The van der Waals surface area contributed by atoms with Gasteiger partial charge in [0.2, 0.25) is 11.9 Å². The lowest BCUT2D eigenvalue weighted by Crippen LogP contribution is -2.49. The molecule has 1 amide bonds. The fraction of sp³-hybridized carbons (Fsp3) is 0.292. The number of amides is 1. The van der Waals surface area contributed by atoms with Crippen LogP contribution in [0.25, 0.3) is 0 Å². The molecule has 1 aliphatic rings. The number of benzene rings is 2. The van der Waals surface area contributed by atoms with Gasteiger partial charge in [0.05, 0.1) is 6.42 Å². The second kappa shape index (κ2) is 9.12. The van der Waals surface area contributed by atoms with Crippen LogP contribution in [0.5, 0.6) is 0 Å². The van der Waals surface area contributed by atoms with E-state index >= 15 is 0 Å². The number of nitrogens with zero attached hydrogens (tertiary/aromatic N) is 4. The van der Waals surface area contributed by atoms with Gasteiger partial charge in [-0.15, -0.1) is 0 Å². The predicted molar refractivity (Wildman–Crippen MR) is 120 cm³/mol. The number of piperazine rings is 1. The summed E-state index contributed by atoms with van der Waals surface area (Å²) in [4.78, 5) is 25.7. The Balaban J connectivity index is 1.39. The van der Waals surface area contributed by atoms with E-state index in [-0.39, 0.29) is 18.1 Å².